The number of nitrogens with zero attached hydrogens (tertiary/aromatic N) is 1. The zero-order chi connectivity index (χ0) is 25.6. The van der Waals surface area contributed by atoms with Crippen molar-refractivity contribution in [3.8, 4) is 5.75 Å². The van der Waals surface area contributed by atoms with Gasteiger partial charge < -0.3 is 23.4 Å². The van der Waals surface area contributed by atoms with Crippen molar-refractivity contribution in [2.24, 2.45) is 5.92 Å². The van der Waals surface area contributed by atoms with Gasteiger partial charge in [0.1, 0.15) is 18.0 Å². The SMILES string of the molecule is CCCCOC(=O)C(C)N[P@](OCC1CC(C)C(N(C)/C=C\C(=O)NC=O)O1)Oc1ccccc1. The summed E-state index contributed by atoms with van der Waals surface area (Å²) in [5.74, 6) is -0.0673. The highest BCUT2D eigenvalue weighted by molar-refractivity contribution is 7.45. The highest BCUT2D eigenvalue weighted by Gasteiger charge is 2.35. The molecule has 1 aliphatic rings. The van der Waals surface area contributed by atoms with Gasteiger partial charge in [-0.2, -0.15) is 0 Å². The lowest BCUT2D eigenvalue weighted by Crippen LogP contribution is -2.34. The van der Waals surface area contributed by atoms with Crippen LogP contribution in [-0.2, 0) is 28.4 Å². The van der Waals surface area contributed by atoms with Gasteiger partial charge in [0.25, 0.3) is 5.91 Å². The van der Waals surface area contributed by atoms with Gasteiger partial charge in [-0.15, -0.1) is 0 Å². The Hall–Kier alpha value is -2.52. The molecule has 0 saturated carbocycles. The van der Waals surface area contributed by atoms with Crippen LogP contribution in [0, 0.1) is 5.92 Å². The van der Waals surface area contributed by atoms with Crippen molar-refractivity contribution in [2.45, 2.75) is 58.4 Å². The number of imide groups is 1. The predicted molar refractivity (Wildman–Crippen MR) is 132 cm³/mol. The van der Waals surface area contributed by atoms with Gasteiger partial charge in [0.05, 0.1) is 19.3 Å². The first-order valence-electron chi connectivity index (χ1n) is 11.7. The number of nitrogens with one attached hydrogen (secondary N) is 2. The number of carbonyl (C=O) groups excluding carboxylic acids is 3. The first-order chi connectivity index (χ1) is 16.8. The van der Waals surface area contributed by atoms with Gasteiger partial charge in [0, 0.05) is 25.2 Å². The van der Waals surface area contributed by atoms with Crippen LogP contribution in [0.25, 0.3) is 0 Å². The summed E-state index contributed by atoms with van der Waals surface area (Å²) in [6.07, 6.45) is 5.22. The maximum atomic E-state index is 12.3. The lowest BCUT2D eigenvalue weighted by Gasteiger charge is -2.26. The van der Waals surface area contributed by atoms with Gasteiger partial charge in [0.15, 0.2) is 0 Å². The zero-order valence-electron chi connectivity index (χ0n) is 20.7. The van der Waals surface area contributed by atoms with E-state index >= 15 is 0 Å². The number of unbranched alkanes of at least 4 members (excludes halogenated alkanes) is 1. The average Bonchev–Trinajstić information content (AvgIpc) is 3.22. The molecule has 2 N–H and O–H groups in total. The van der Waals surface area contributed by atoms with Crippen LogP contribution in [0.4, 0.5) is 0 Å². The molecule has 0 spiro atoms. The summed E-state index contributed by atoms with van der Waals surface area (Å²) in [5.41, 5.74) is 0. The number of hydrogen-bond donors (Lipinski definition) is 2. The maximum Gasteiger partial charge on any atom is 0.323 e. The minimum atomic E-state index is -1.65. The molecular formula is C24H36N3O7P. The summed E-state index contributed by atoms with van der Waals surface area (Å²) < 4.78 is 23.5. The Bertz CT molecular complexity index is 827. The summed E-state index contributed by atoms with van der Waals surface area (Å²) in [6, 6.07) is 8.63. The molecule has 194 valence electrons. The van der Waals surface area contributed by atoms with Crippen LogP contribution in [0.3, 0.4) is 0 Å². The lowest BCUT2D eigenvalue weighted by atomic mass is 10.1. The summed E-state index contributed by atoms with van der Waals surface area (Å²) in [5, 5.41) is 5.16. The Labute approximate surface area is 208 Å². The van der Waals surface area contributed by atoms with Gasteiger partial charge in [-0.1, -0.05) is 38.5 Å². The van der Waals surface area contributed by atoms with Crippen LogP contribution in [-0.4, -0.2) is 61.8 Å². The van der Waals surface area contributed by atoms with Gasteiger partial charge in [-0.05, 0) is 31.9 Å². The number of esters is 1. The largest absolute Gasteiger partial charge is 0.465 e. The number of hydrogen-bond acceptors (Lipinski definition) is 9. The monoisotopic (exact) mass is 509 g/mol. The molecule has 1 aromatic carbocycles. The van der Waals surface area contributed by atoms with E-state index in [1.54, 1.807) is 25.1 Å². The number of benzene rings is 1. The summed E-state index contributed by atoms with van der Waals surface area (Å²) in [6.45, 7) is 6.44. The van der Waals surface area contributed by atoms with Crippen molar-refractivity contribution >= 4 is 26.8 Å². The van der Waals surface area contributed by atoms with Crippen LogP contribution in [0.1, 0.15) is 40.0 Å². The second kappa shape index (κ2) is 15.5. The third kappa shape index (κ3) is 10.3. The van der Waals surface area contributed by atoms with E-state index in [2.05, 4.69) is 17.3 Å². The van der Waals surface area contributed by atoms with Crippen LogP contribution in [0.2, 0.25) is 0 Å². The Morgan fingerprint density at radius 1 is 1.31 bits per heavy atom. The second-order valence-corrected chi connectivity index (χ2v) is 9.51. The van der Waals surface area contributed by atoms with Crippen molar-refractivity contribution in [1.29, 1.82) is 0 Å². The first kappa shape index (κ1) is 28.7. The van der Waals surface area contributed by atoms with E-state index in [4.69, 9.17) is 18.5 Å². The van der Waals surface area contributed by atoms with E-state index < -0.39 is 20.5 Å². The van der Waals surface area contributed by atoms with E-state index in [0.29, 0.717) is 18.8 Å². The van der Waals surface area contributed by atoms with E-state index in [9.17, 15) is 14.4 Å². The molecule has 1 fully saturated rings. The molecule has 1 saturated heterocycles. The molecule has 1 heterocycles. The van der Waals surface area contributed by atoms with Gasteiger partial charge >= 0.3 is 14.5 Å². The van der Waals surface area contributed by atoms with Crippen molar-refractivity contribution in [2.75, 3.05) is 20.3 Å². The van der Waals surface area contributed by atoms with Crippen molar-refractivity contribution < 1.29 is 32.9 Å². The number of para-hydroxylation sites is 1. The van der Waals surface area contributed by atoms with E-state index in [-0.39, 0.29) is 30.8 Å². The molecule has 2 rings (SSSR count). The molecule has 0 aromatic heterocycles. The van der Waals surface area contributed by atoms with Crippen LogP contribution >= 0.6 is 8.53 Å². The van der Waals surface area contributed by atoms with Crippen molar-refractivity contribution in [3.05, 3.63) is 42.6 Å². The topological polar surface area (TPSA) is 115 Å². The number of amides is 2. The molecule has 0 aliphatic carbocycles. The molecule has 5 atom stereocenters. The van der Waals surface area contributed by atoms with E-state index in [1.807, 2.05) is 37.3 Å². The third-order valence-electron chi connectivity index (χ3n) is 5.22. The molecule has 0 bridgehead atoms. The molecule has 0 radical (unpaired) electrons. The number of rotatable bonds is 15. The van der Waals surface area contributed by atoms with Crippen LogP contribution < -0.4 is 14.9 Å². The van der Waals surface area contributed by atoms with Gasteiger partial charge in [0.2, 0.25) is 6.41 Å². The van der Waals surface area contributed by atoms with Crippen LogP contribution in [0.5, 0.6) is 5.75 Å². The van der Waals surface area contributed by atoms with Crippen molar-refractivity contribution in [3.63, 3.8) is 0 Å². The second-order valence-electron chi connectivity index (χ2n) is 8.30. The molecule has 4 unspecified atom stereocenters. The summed E-state index contributed by atoms with van der Waals surface area (Å²) in [4.78, 5) is 35.9. The van der Waals surface area contributed by atoms with Gasteiger partial charge in [-0.25, -0.2) is 5.09 Å². The normalized spacial score (nSPS) is 21.3. The first-order valence-corrected chi connectivity index (χ1v) is 12.9. The third-order valence-corrected chi connectivity index (χ3v) is 6.58. The fourth-order valence-electron chi connectivity index (χ4n) is 3.37. The molecule has 35 heavy (non-hydrogen) atoms. The Kier molecular flexibility index (Phi) is 12.7. The lowest BCUT2D eigenvalue weighted by molar-refractivity contribution is -0.145. The quantitative estimate of drug-likeness (QED) is 0.121. The maximum absolute atomic E-state index is 12.3. The standard InChI is InChI=1S/C24H36N3O7P/c1-5-6-14-31-24(30)19(3)26-35(34-20-10-8-7-9-11-20)32-16-21-15-18(2)23(33-21)27(4)13-12-22(29)25-17-28/h7-13,17-19,21,23,26H,5-6,14-16H2,1-4H3,(H,25,28,29)/b13-12-/t18?,19?,21?,23?,35-/m1/s1. The Morgan fingerprint density at radius 2 is 2.06 bits per heavy atom. The Morgan fingerprint density at radius 3 is 2.74 bits per heavy atom. The Balaban J connectivity index is 1.93. The highest BCUT2D eigenvalue weighted by atomic mass is 31.2. The fraction of sp³-hybridized carbons (Fsp3) is 0.542. The molecule has 2 amide bonds. The van der Waals surface area contributed by atoms with Gasteiger partial charge in [-0.3, -0.25) is 19.7 Å². The van der Waals surface area contributed by atoms with E-state index in [0.717, 1.165) is 19.3 Å². The van der Waals surface area contributed by atoms with Crippen molar-refractivity contribution in [1.82, 2.24) is 15.3 Å². The minimum Gasteiger partial charge on any atom is -0.465 e. The van der Waals surface area contributed by atoms with E-state index in [1.165, 1.54) is 6.08 Å². The molecular weight excluding hydrogens is 473 g/mol. The molecule has 1 aliphatic heterocycles. The average molecular weight is 510 g/mol. The van der Waals surface area contributed by atoms with Crippen LogP contribution in [0.15, 0.2) is 42.6 Å². The smallest absolute Gasteiger partial charge is 0.323 e. The number of carbonyl (C=O) groups is 3. The number of ether oxygens (including phenoxy) is 2. The molecule has 1 aromatic rings. The zero-order valence-corrected chi connectivity index (χ0v) is 21.6. The fourth-order valence-corrected chi connectivity index (χ4v) is 4.59. The molecule has 10 nitrogen and oxygen atoms in total. The highest BCUT2D eigenvalue weighted by Crippen LogP contribution is 2.38. The summed E-state index contributed by atoms with van der Waals surface area (Å²) in [7, 11) is 0.148. The summed E-state index contributed by atoms with van der Waals surface area (Å²) >= 11 is 0. The molecule has 11 heteroatoms. The predicted octanol–water partition coefficient (Wildman–Crippen LogP) is 3.10. The minimum absolute atomic E-state index is 0.175.